The molecule has 0 spiro atoms. The molecule has 11 heavy (non-hydrogen) atoms. The van der Waals surface area contributed by atoms with Crippen LogP contribution in [0.4, 0.5) is 13.2 Å². The fraction of sp³-hybridized carbons (Fsp3) is 0. The molecule has 58 valence electrons. The first-order chi connectivity index (χ1) is 5.18. The maximum Gasteiger partial charge on any atom is 0.197 e. The molecule has 0 unspecified atom stereocenters. The van der Waals surface area contributed by atoms with Crippen LogP contribution in [-0.2, 0) is 0 Å². The summed E-state index contributed by atoms with van der Waals surface area (Å²) < 4.78 is 37.8. The summed E-state index contributed by atoms with van der Waals surface area (Å²) in [5, 5.41) is -1.81. The first kappa shape index (κ1) is 7.12. The summed E-state index contributed by atoms with van der Waals surface area (Å²) in [6.45, 7) is 0. The average Bonchev–Trinajstić information content (AvgIpc) is 2.38. The van der Waals surface area contributed by atoms with Gasteiger partial charge in [-0.3, -0.25) is 0 Å². The number of rotatable bonds is 0. The average molecular weight is 194 g/mol. The Morgan fingerprint density at radius 1 is 1.00 bits per heavy atom. The molecule has 2 aromatic heterocycles. The summed E-state index contributed by atoms with van der Waals surface area (Å²) >= 11 is 1.04. The Morgan fingerprint density at radius 2 is 1.73 bits per heavy atom. The molecule has 0 saturated carbocycles. The van der Waals surface area contributed by atoms with Gasteiger partial charge >= 0.3 is 0 Å². The lowest BCUT2D eigenvalue weighted by atomic mass is 10.4. The van der Waals surface area contributed by atoms with Crippen molar-refractivity contribution in [1.29, 1.82) is 0 Å². The monoisotopic (exact) mass is 194 g/mol. The van der Waals surface area contributed by atoms with Gasteiger partial charge in [-0.15, -0.1) is 11.3 Å². The first-order valence-electron chi connectivity index (χ1n) is 2.71. The molecule has 0 atom stereocenters. The zero-order valence-corrected chi connectivity index (χ0v) is 6.66. The molecular weight excluding hydrogens is 193 g/mol. The van der Waals surface area contributed by atoms with Crippen molar-refractivity contribution >= 4 is 32.8 Å². The number of hydrogen-bond acceptors (Lipinski definition) is 2. The van der Waals surface area contributed by atoms with Crippen molar-refractivity contribution in [2.24, 2.45) is 0 Å². The minimum atomic E-state index is -0.655. The molecule has 2 aromatic rings. The van der Waals surface area contributed by atoms with Gasteiger partial charge in [-0.25, -0.2) is 0 Å². The largest absolute Gasteiger partial charge is 0.197 e. The maximum atomic E-state index is 12.6. The zero-order chi connectivity index (χ0) is 8.01. The molecule has 0 amide bonds. The number of thiophene rings is 2. The fourth-order valence-electron chi connectivity index (χ4n) is 0.833. The van der Waals surface area contributed by atoms with Crippen LogP contribution in [0.5, 0.6) is 0 Å². The molecule has 0 aliphatic heterocycles. The Hall–Kier alpha value is -0.550. The van der Waals surface area contributed by atoms with Crippen molar-refractivity contribution in [2.75, 3.05) is 0 Å². The second kappa shape index (κ2) is 2.22. The summed E-state index contributed by atoms with van der Waals surface area (Å²) in [6.07, 6.45) is 0. The molecule has 0 aliphatic rings. The highest BCUT2D eigenvalue weighted by atomic mass is 32.1. The molecule has 0 aromatic carbocycles. The van der Waals surface area contributed by atoms with E-state index in [1.807, 2.05) is 0 Å². The second-order valence-electron chi connectivity index (χ2n) is 1.94. The van der Waals surface area contributed by atoms with Gasteiger partial charge in [0.1, 0.15) is 0 Å². The minimum absolute atomic E-state index is 0.0509. The number of halogens is 3. The van der Waals surface area contributed by atoms with Gasteiger partial charge in [-0.05, 0) is 6.07 Å². The number of fused-ring (bicyclic) bond motifs is 1. The van der Waals surface area contributed by atoms with E-state index in [1.165, 1.54) is 0 Å². The second-order valence-corrected chi connectivity index (χ2v) is 3.87. The Bertz CT molecular complexity index is 367. The van der Waals surface area contributed by atoms with E-state index >= 15 is 0 Å². The van der Waals surface area contributed by atoms with Crippen molar-refractivity contribution in [2.45, 2.75) is 0 Å². The van der Waals surface area contributed by atoms with Crippen LogP contribution < -0.4 is 0 Å². The quantitative estimate of drug-likeness (QED) is 0.603. The van der Waals surface area contributed by atoms with Crippen LogP contribution in [0.3, 0.4) is 0 Å². The van der Waals surface area contributed by atoms with Crippen LogP contribution in [0, 0.1) is 15.4 Å². The van der Waals surface area contributed by atoms with Crippen LogP contribution in [-0.4, -0.2) is 0 Å². The van der Waals surface area contributed by atoms with Gasteiger partial charge in [0, 0.05) is 5.39 Å². The molecule has 0 saturated heterocycles. The van der Waals surface area contributed by atoms with Crippen molar-refractivity contribution in [1.82, 2.24) is 0 Å². The van der Waals surface area contributed by atoms with Gasteiger partial charge in [-0.2, -0.15) is 13.2 Å². The Balaban J connectivity index is 2.92. The minimum Gasteiger partial charge on any atom is -0.195 e. The first-order valence-corrected chi connectivity index (χ1v) is 4.34. The molecule has 0 bridgehead atoms. The molecule has 0 N–H and O–H groups in total. The van der Waals surface area contributed by atoms with Crippen LogP contribution in [0.15, 0.2) is 6.07 Å². The molecule has 0 radical (unpaired) electrons. The van der Waals surface area contributed by atoms with Crippen LogP contribution >= 0.6 is 22.7 Å². The molecule has 0 nitrogen and oxygen atoms in total. The van der Waals surface area contributed by atoms with E-state index in [9.17, 15) is 13.2 Å². The summed E-state index contributed by atoms with van der Waals surface area (Å²) in [6, 6.07) is 1.01. The number of hydrogen-bond donors (Lipinski definition) is 0. The summed E-state index contributed by atoms with van der Waals surface area (Å²) in [4.78, 5) is 0. The third kappa shape index (κ3) is 0.954. The van der Waals surface area contributed by atoms with Crippen molar-refractivity contribution in [3.05, 3.63) is 21.5 Å². The normalized spacial score (nSPS) is 11.2. The van der Waals surface area contributed by atoms with Gasteiger partial charge in [0.25, 0.3) is 0 Å². The Labute approximate surface area is 67.9 Å². The maximum absolute atomic E-state index is 12.6. The van der Waals surface area contributed by atoms with E-state index in [0.717, 1.165) is 6.07 Å². The van der Waals surface area contributed by atoms with Gasteiger partial charge in [-0.1, -0.05) is 11.3 Å². The lowest BCUT2D eigenvalue weighted by Crippen LogP contribution is -1.56. The highest BCUT2D eigenvalue weighted by Gasteiger charge is 2.14. The van der Waals surface area contributed by atoms with E-state index in [2.05, 4.69) is 0 Å². The van der Waals surface area contributed by atoms with E-state index in [-0.39, 0.29) is 10.1 Å². The summed E-state index contributed by atoms with van der Waals surface area (Å²) in [5.41, 5.74) is 0. The van der Waals surface area contributed by atoms with Gasteiger partial charge in [0.2, 0.25) is 0 Å². The van der Waals surface area contributed by atoms with E-state index in [4.69, 9.17) is 0 Å². The van der Waals surface area contributed by atoms with E-state index < -0.39 is 15.4 Å². The van der Waals surface area contributed by atoms with Crippen LogP contribution in [0.25, 0.3) is 10.1 Å². The molecule has 0 aliphatic carbocycles. The lowest BCUT2D eigenvalue weighted by molar-refractivity contribution is 0.649. The predicted molar refractivity (Wildman–Crippen MR) is 39.6 cm³/mol. The highest BCUT2D eigenvalue weighted by Crippen LogP contribution is 2.34. The highest BCUT2D eigenvalue weighted by molar-refractivity contribution is 7.21. The van der Waals surface area contributed by atoms with Crippen LogP contribution in [0.1, 0.15) is 0 Å². The topological polar surface area (TPSA) is 0 Å². The Morgan fingerprint density at radius 3 is 2.36 bits per heavy atom. The molecule has 0 fully saturated rings. The van der Waals surface area contributed by atoms with E-state index in [1.54, 1.807) is 0 Å². The van der Waals surface area contributed by atoms with E-state index in [0.29, 0.717) is 22.7 Å². The SMILES string of the molecule is Fc1cc2c(F)sc(F)c2s1. The van der Waals surface area contributed by atoms with Gasteiger partial charge < -0.3 is 0 Å². The molecule has 5 heteroatoms. The van der Waals surface area contributed by atoms with Crippen molar-refractivity contribution in [3.63, 3.8) is 0 Å². The zero-order valence-electron chi connectivity index (χ0n) is 5.03. The van der Waals surface area contributed by atoms with Crippen molar-refractivity contribution in [3.8, 4) is 0 Å². The summed E-state index contributed by atoms with van der Waals surface area (Å²) in [5.74, 6) is 0. The fourth-order valence-corrected chi connectivity index (χ4v) is 2.49. The molecule has 2 rings (SSSR count). The molecule has 2 heterocycles. The van der Waals surface area contributed by atoms with Crippen molar-refractivity contribution < 1.29 is 13.2 Å². The smallest absolute Gasteiger partial charge is 0.195 e. The van der Waals surface area contributed by atoms with Gasteiger partial charge in [0.05, 0.1) is 4.70 Å². The summed E-state index contributed by atoms with van der Waals surface area (Å²) in [7, 11) is 0. The third-order valence-electron chi connectivity index (χ3n) is 1.27. The standard InChI is InChI=1S/C6HF3S2/c7-3-1-2-4(10-3)6(9)11-5(2)8/h1H. The van der Waals surface area contributed by atoms with Crippen LogP contribution in [0.2, 0.25) is 0 Å². The Kier molecular flexibility index (Phi) is 1.43. The lowest BCUT2D eigenvalue weighted by Gasteiger charge is -1.72. The predicted octanol–water partition coefficient (Wildman–Crippen LogP) is 3.38. The third-order valence-corrected chi connectivity index (χ3v) is 3.10. The van der Waals surface area contributed by atoms with Gasteiger partial charge in [0.15, 0.2) is 15.4 Å². The molecular formula is C6HF3S2.